The first-order chi connectivity index (χ1) is 6.76. The number of hydrogen-bond acceptors (Lipinski definition) is 4. The van der Waals surface area contributed by atoms with Gasteiger partial charge in [-0.1, -0.05) is 0 Å². The fraction of sp³-hybridized carbons (Fsp3) is 0.300. The molecule has 0 saturated heterocycles. The van der Waals surface area contributed by atoms with E-state index in [1.54, 1.807) is 35.3 Å². The molecule has 0 unspecified atom stereocenters. The molecule has 0 aliphatic heterocycles. The molecule has 0 N–H and O–H groups in total. The zero-order valence-corrected chi connectivity index (χ0v) is 10.9. The van der Waals surface area contributed by atoms with Crippen LogP contribution >= 0.6 is 35.3 Å². The average molecular weight is 245 g/mol. The summed E-state index contributed by atoms with van der Waals surface area (Å²) in [5, 5.41) is 0. The smallest absolute Gasteiger partial charge is 0.146 e. The molecule has 0 aliphatic carbocycles. The largest absolute Gasteiger partial charge is 0.488 e. The summed E-state index contributed by atoms with van der Waals surface area (Å²) in [5.74, 6) is 0.891. The summed E-state index contributed by atoms with van der Waals surface area (Å²) in [4.78, 5) is 3.56. The first kappa shape index (κ1) is 12.1. The van der Waals surface area contributed by atoms with E-state index in [0.29, 0.717) is 0 Å². The van der Waals surface area contributed by atoms with Gasteiger partial charge in [-0.05, 0) is 30.9 Å². The van der Waals surface area contributed by atoms with Gasteiger partial charge in [0.1, 0.15) is 12.9 Å². The zero-order chi connectivity index (χ0) is 10.6. The number of thioether (sulfide) groups is 3. The van der Waals surface area contributed by atoms with Crippen molar-refractivity contribution >= 4 is 35.3 Å². The van der Waals surface area contributed by atoms with Crippen molar-refractivity contribution < 1.29 is 4.74 Å². The first-order valence-corrected chi connectivity index (χ1v) is 7.66. The maximum Gasteiger partial charge on any atom is 0.146 e. The van der Waals surface area contributed by atoms with Crippen molar-refractivity contribution in [2.24, 2.45) is 0 Å². The van der Waals surface area contributed by atoms with E-state index < -0.39 is 0 Å². The highest BCUT2D eigenvalue weighted by Crippen LogP contribution is 2.39. The minimum absolute atomic E-state index is 0.891. The van der Waals surface area contributed by atoms with E-state index in [1.807, 2.05) is 12.5 Å². The van der Waals surface area contributed by atoms with Gasteiger partial charge in [0.05, 0.1) is 9.79 Å². The molecule has 0 amide bonds. The third-order valence-corrected chi connectivity index (χ3v) is 4.01. The van der Waals surface area contributed by atoms with E-state index in [1.165, 1.54) is 4.90 Å². The Balaban J connectivity index is 3.24. The third-order valence-electron chi connectivity index (χ3n) is 1.81. The Kier molecular flexibility index (Phi) is 5.06. The summed E-state index contributed by atoms with van der Waals surface area (Å²) in [5.41, 5.74) is 0. The minimum atomic E-state index is 0.891. The van der Waals surface area contributed by atoms with Crippen LogP contribution in [-0.4, -0.2) is 18.8 Å². The van der Waals surface area contributed by atoms with Gasteiger partial charge in [0.2, 0.25) is 0 Å². The van der Waals surface area contributed by atoms with Crippen LogP contribution in [0.25, 0.3) is 0 Å². The van der Waals surface area contributed by atoms with Gasteiger partial charge >= 0.3 is 0 Å². The van der Waals surface area contributed by atoms with Crippen LogP contribution < -0.4 is 4.74 Å². The summed E-state index contributed by atoms with van der Waals surface area (Å²) in [6.45, 7) is 0. The Bertz CT molecular complexity index is 287. The van der Waals surface area contributed by atoms with Gasteiger partial charge in [0, 0.05) is 4.90 Å². The molecular formula is C10H13OS3. The lowest BCUT2D eigenvalue weighted by Crippen LogP contribution is -1.88. The Morgan fingerprint density at radius 3 is 1.79 bits per heavy atom. The molecule has 0 heterocycles. The van der Waals surface area contributed by atoms with Gasteiger partial charge < -0.3 is 4.74 Å². The molecule has 0 bridgehead atoms. The van der Waals surface area contributed by atoms with Crippen LogP contribution in [0.5, 0.6) is 5.75 Å². The van der Waals surface area contributed by atoms with Crippen molar-refractivity contribution in [1.29, 1.82) is 0 Å². The van der Waals surface area contributed by atoms with Crippen molar-refractivity contribution in [2.75, 3.05) is 18.8 Å². The molecule has 14 heavy (non-hydrogen) atoms. The van der Waals surface area contributed by atoms with E-state index in [0.717, 1.165) is 15.5 Å². The molecule has 77 valence electrons. The molecule has 0 spiro atoms. The lowest BCUT2D eigenvalue weighted by Gasteiger charge is -2.12. The van der Waals surface area contributed by atoms with Gasteiger partial charge in [-0.3, -0.25) is 0 Å². The van der Waals surface area contributed by atoms with Gasteiger partial charge in [0.15, 0.2) is 0 Å². The predicted molar refractivity (Wildman–Crippen MR) is 67.8 cm³/mol. The molecule has 0 atom stereocenters. The van der Waals surface area contributed by atoms with Crippen LogP contribution in [-0.2, 0) is 0 Å². The zero-order valence-electron chi connectivity index (χ0n) is 8.49. The molecule has 0 aromatic heterocycles. The second-order valence-corrected chi connectivity index (χ2v) is 5.08. The van der Waals surface area contributed by atoms with E-state index in [4.69, 9.17) is 4.74 Å². The van der Waals surface area contributed by atoms with Gasteiger partial charge in [-0.2, -0.15) is 0 Å². The molecule has 1 aromatic rings. The topological polar surface area (TPSA) is 9.23 Å². The van der Waals surface area contributed by atoms with Crippen molar-refractivity contribution in [3.63, 3.8) is 0 Å². The Hall–Kier alpha value is 0.0700. The number of ether oxygens (including phenoxy) is 1. The molecule has 1 nitrogen and oxygen atoms in total. The second-order valence-electron chi connectivity index (χ2n) is 2.51. The van der Waals surface area contributed by atoms with E-state index in [-0.39, 0.29) is 0 Å². The molecule has 1 aromatic carbocycles. The van der Waals surface area contributed by atoms with Gasteiger partial charge in [0.25, 0.3) is 0 Å². The van der Waals surface area contributed by atoms with Crippen LogP contribution in [0.15, 0.2) is 26.8 Å². The predicted octanol–water partition coefficient (Wildman–Crippen LogP) is 4.02. The van der Waals surface area contributed by atoms with Crippen molar-refractivity contribution in [3.8, 4) is 5.75 Å². The van der Waals surface area contributed by atoms with Crippen molar-refractivity contribution in [3.05, 3.63) is 19.2 Å². The normalized spacial score (nSPS) is 10.3. The molecule has 0 saturated carbocycles. The van der Waals surface area contributed by atoms with Crippen molar-refractivity contribution in [1.82, 2.24) is 0 Å². The highest BCUT2D eigenvalue weighted by atomic mass is 32.2. The SMILES string of the molecule is [CH2]Oc1c(SC)cc(SC)cc1SC. The molecule has 1 rings (SSSR count). The monoisotopic (exact) mass is 245 g/mol. The average Bonchev–Trinajstić information content (AvgIpc) is 2.26. The lowest BCUT2D eigenvalue weighted by molar-refractivity contribution is 0.448. The van der Waals surface area contributed by atoms with E-state index >= 15 is 0 Å². The Morgan fingerprint density at radius 1 is 1.00 bits per heavy atom. The Labute approximate surface area is 98.4 Å². The third kappa shape index (κ3) is 2.55. The van der Waals surface area contributed by atoms with Crippen LogP contribution in [0.1, 0.15) is 0 Å². The summed E-state index contributed by atoms with van der Waals surface area (Å²) in [7, 11) is 3.50. The minimum Gasteiger partial charge on any atom is -0.488 e. The standard InChI is InChI=1S/C10H13OS3/c1-11-10-8(13-3)5-7(12-2)6-9(10)14-4/h5-6H,1H2,2-4H3. The van der Waals surface area contributed by atoms with E-state index in [9.17, 15) is 0 Å². The summed E-state index contributed by atoms with van der Waals surface area (Å²) < 4.78 is 5.16. The van der Waals surface area contributed by atoms with Crippen molar-refractivity contribution in [2.45, 2.75) is 14.7 Å². The van der Waals surface area contributed by atoms with Crippen LogP contribution in [0, 0.1) is 7.11 Å². The fourth-order valence-electron chi connectivity index (χ4n) is 1.12. The van der Waals surface area contributed by atoms with Crippen LogP contribution in [0.3, 0.4) is 0 Å². The number of benzene rings is 1. The number of rotatable bonds is 4. The van der Waals surface area contributed by atoms with Gasteiger partial charge in [-0.15, -0.1) is 35.3 Å². The Morgan fingerprint density at radius 2 is 1.50 bits per heavy atom. The molecule has 0 aliphatic rings. The molecule has 4 heteroatoms. The van der Waals surface area contributed by atoms with Crippen LogP contribution in [0.2, 0.25) is 0 Å². The molecule has 1 radical (unpaired) electrons. The maximum atomic E-state index is 5.16. The summed E-state index contributed by atoms with van der Waals surface area (Å²) >= 11 is 5.12. The fourth-order valence-corrected chi connectivity index (χ4v) is 3.00. The summed E-state index contributed by atoms with van der Waals surface area (Å²) in [6, 6.07) is 4.27. The highest BCUT2D eigenvalue weighted by molar-refractivity contribution is 8.00. The summed E-state index contributed by atoms with van der Waals surface area (Å²) in [6.07, 6.45) is 6.17. The molecular weight excluding hydrogens is 232 g/mol. The van der Waals surface area contributed by atoms with Gasteiger partial charge in [-0.25, -0.2) is 0 Å². The van der Waals surface area contributed by atoms with Crippen LogP contribution in [0.4, 0.5) is 0 Å². The second kappa shape index (κ2) is 5.83. The maximum absolute atomic E-state index is 5.16. The molecule has 0 fully saturated rings. The lowest BCUT2D eigenvalue weighted by atomic mass is 10.3. The van der Waals surface area contributed by atoms with E-state index in [2.05, 4.69) is 25.5 Å². The number of hydrogen-bond donors (Lipinski definition) is 0. The highest BCUT2D eigenvalue weighted by Gasteiger charge is 2.09. The first-order valence-electron chi connectivity index (χ1n) is 3.98. The quantitative estimate of drug-likeness (QED) is 0.740.